The van der Waals surface area contributed by atoms with Crippen LogP contribution in [0.15, 0.2) is 54.6 Å². The van der Waals surface area contributed by atoms with Gasteiger partial charge in [-0.05, 0) is 17.5 Å². The Morgan fingerprint density at radius 2 is 1.74 bits per heavy atom. The molecule has 2 rings (SSSR count). The molecule has 1 amide bonds. The first kappa shape index (κ1) is 16.6. The molecular weight excluding hydrogens is 298 g/mol. The van der Waals surface area contributed by atoms with Gasteiger partial charge in [0.1, 0.15) is 0 Å². The predicted molar refractivity (Wildman–Crippen MR) is 83.8 cm³/mol. The molecule has 0 saturated heterocycles. The third-order valence-corrected chi connectivity index (χ3v) is 3.41. The lowest BCUT2D eigenvalue weighted by Crippen LogP contribution is -2.44. The van der Waals surface area contributed by atoms with Crippen molar-refractivity contribution in [2.24, 2.45) is 0 Å². The lowest BCUT2D eigenvalue weighted by molar-refractivity contribution is -0.384. The van der Waals surface area contributed by atoms with Gasteiger partial charge in [0.05, 0.1) is 11.0 Å². The summed E-state index contributed by atoms with van der Waals surface area (Å²) in [5.41, 5.74) is 3.40. The number of amides is 1. The Morgan fingerprint density at radius 3 is 2.30 bits per heavy atom. The number of nitrogens with zero attached hydrogens (tertiary/aromatic N) is 1. The topological polar surface area (TPSA) is 104 Å². The van der Waals surface area contributed by atoms with Crippen molar-refractivity contribution in [2.45, 2.75) is 19.0 Å². The average Bonchev–Trinajstić information content (AvgIpc) is 2.59. The minimum absolute atomic E-state index is 0.00541. The lowest BCUT2D eigenvalue weighted by atomic mass is 10.0. The normalized spacial score (nSPS) is 11.7. The summed E-state index contributed by atoms with van der Waals surface area (Å²) < 4.78 is 0. The number of nitro groups is 1. The maximum absolute atomic E-state index is 11.8. The van der Waals surface area contributed by atoms with E-state index in [4.69, 9.17) is 5.21 Å². The van der Waals surface area contributed by atoms with E-state index >= 15 is 0 Å². The number of hydrogen-bond donors (Lipinski definition) is 3. The fourth-order valence-corrected chi connectivity index (χ4v) is 2.16. The molecule has 0 aliphatic carbocycles. The first-order valence-electron chi connectivity index (χ1n) is 7.04. The van der Waals surface area contributed by atoms with Crippen LogP contribution in [0.3, 0.4) is 0 Å². The largest absolute Gasteiger partial charge is 0.301 e. The van der Waals surface area contributed by atoms with Gasteiger partial charge in [0.25, 0.3) is 11.6 Å². The summed E-state index contributed by atoms with van der Waals surface area (Å²) in [6.45, 7) is 0.464. The zero-order valence-electron chi connectivity index (χ0n) is 12.3. The highest BCUT2D eigenvalue weighted by Crippen LogP contribution is 2.13. The summed E-state index contributed by atoms with van der Waals surface area (Å²) in [7, 11) is 0. The second kappa shape index (κ2) is 8.02. The predicted octanol–water partition coefficient (Wildman–Crippen LogP) is 1.80. The Bertz CT molecular complexity index is 659. The molecule has 7 nitrogen and oxygen atoms in total. The lowest BCUT2D eigenvalue weighted by Gasteiger charge is -2.17. The van der Waals surface area contributed by atoms with Crippen molar-refractivity contribution in [1.82, 2.24) is 10.8 Å². The van der Waals surface area contributed by atoms with Crippen molar-refractivity contribution < 1.29 is 14.9 Å². The Labute approximate surface area is 133 Å². The molecule has 23 heavy (non-hydrogen) atoms. The number of nitro benzene ring substituents is 1. The Hall–Kier alpha value is -2.77. The molecular formula is C16H17N3O4. The smallest absolute Gasteiger partial charge is 0.269 e. The van der Waals surface area contributed by atoms with Crippen LogP contribution in [0, 0.1) is 10.1 Å². The number of hydrogen-bond acceptors (Lipinski definition) is 5. The van der Waals surface area contributed by atoms with Gasteiger partial charge in [-0.15, -0.1) is 0 Å². The summed E-state index contributed by atoms with van der Waals surface area (Å²) >= 11 is 0. The number of nitrogens with one attached hydrogen (secondary N) is 2. The monoisotopic (exact) mass is 315 g/mol. The van der Waals surface area contributed by atoms with Crippen molar-refractivity contribution in [3.05, 3.63) is 75.8 Å². The molecule has 0 aliphatic rings. The van der Waals surface area contributed by atoms with E-state index in [2.05, 4.69) is 5.32 Å². The molecule has 0 spiro atoms. The SMILES string of the molecule is O=C(NO)[C@H](Cc1ccc([N+](=O)[O-])cc1)NCc1ccccc1. The fourth-order valence-electron chi connectivity index (χ4n) is 2.16. The molecule has 1 atom stereocenters. The van der Waals surface area contributed by atoms with E-state index in [9.17, 15) is 14.9 Å². The highest BCUT2D eigenvalue weighted by molar-refractivity contribution is 5.80. The van der Waals surface area contributed by atoms with E-state index < -0.39 is 16.9 Å². The van der Waals surface area contributed by atoms with Crippen LogP contribution in [0.2, 0.25) is 0 Å². The van der Waals surface area contributed by atoms with Gasteiger partial charge in [-0.3, -0.25) is 20.1 Å². The first-order valence-corrected chi connectivity index (χ1v) is 7.04. The number of non-ortho nitro benzene ring substituents is 1. The molecule has 0 aliphatic heterocycles. The summed E-state index contributed by atoms with van der Waals surface area (Å²) in [5, 5.41) is 22.6. The highest BCUT2D eigenvalue weighted by Gasteiger charge is 2.18. The van der Waals surface area contributed by atoms with Gasteiger partial charge in [0.2, 0.25) is 0 Å². The second-order valence-electron chi connectivity index (χ2n) is 5.02. The van der Waals surface area contributed by atoms with E-state index in [1.807, 2.05) is 30.3 Å². The van der Waals surface area contributed by atoms with Crippen LogP contribution < -0.4 is 10.8 Å². The molecule has 0 unspecified atom stereocenters. The Morgan fingerprint density at radius 1 is 1.09 bits per heavy atom. The molecule has 0 heterocycles. The molecule has 2 aromatic rings. The molecule has 0 saturated carbocycles. The molecule has 0 radical (unpaired) electrons. The van der Waals surface area contributed by atoms with E-state index in [1.165, 1.54) is 12.1 Å². The van der Waals surface area contributed by atoms with Crippen molar-refractivity contribution in [1.29, 1.82) is 0 Å². The summed E-state index contributed by atoms with van der Waals surface area (Å²) in [5.74, 6) is -0.556. The standard InChI is InChI=1S/C16H17N3O4/c20-16(18-21)15(17-11-13-4-2-1-3-5-13)10-12-6-8-14(9-7-12)19(22)23/h1-9,15,17,21H,10-11H2,(H,18,20)/t15-/m0/s1. The molecule has 2 aromatic carbocycles. The van der Waals surface area contributed by atoms with Crippen molar-refractivity contribution >= 4 is 11.6 Å². The van der Waals surface area contributed by atoms with Crippen molar-refractivity contribution in [3.8, 4) is 0 Å². The van der Waals surface area contributed by atoms with Gasteiger partial charge in [0, 0.05) is 18.7 Å². The van der Waals surface area contributed by atoms with Crippen LogP contribution in [0.4, 0.5) is 5.69 Å². The third kappa shape index (κ3) is 4.87. The summed E-state index contributed by atoms with van der Waals surface area (Å²) in [4.78, 5) is 21.9. The van der Waals surface area contributed by atoms with E-state index in [0.717, 1.165) is 11.1 Å². The number of carbonyl (C=O) groups excluding carboxylic acids is 1. The Kier molecular flexibility index (Phi) is 5.79. The summed E-state index contributed by atoms with van der Waals surface area (Å²) in [6.07, 6.45) is 0.303. The molecule has 120 valence electrons. The summed E-state index contributed by atoms with van der Waals surface area (Å²) in [6, 6.07) is 14.9. The number of rotatable bonds is 7. The number of benzene rings is 2. The number of carbonyl (C=O) groups is 1. The molecule has 3 N–H and O–H groups in total. The number of hydroxylamine groups is 1. The van der Waals surface area contributed by atoms with Crippen LogP contribution in [0.1, 0.15) is 11.1 Å². The van der Waals surface area contributed by atoms with E-state index in [0.29, 0.717) is 13.0 Å². The quantitative estimate of drug-likeness (QED) is 0.410. The zero-order chi connectivity index (χ0) is 16.7. The minimum atomic E-state index is -0.651. The van der Waals surface area contributed by atoms with Gasteiger partial charge in [-0.25, -0.2) is 5.48 Å². The van der Waals surface area contributed by atoms with Crippen LogP contribution in [-0.2, 0) is 17.8 Å². The zero-order valence-corrected chi connectivity index (χ0v) is 12.3. The van der Waals surface area contributed by atoms with Gasteiger partial charge >= 0.3 is 0 Å². The molecule has 0 bridgehead atoms. The van der Waals surface area contributed by atoms with E-state index in [1.54, 1.807) is 17.6 Å². The van der Waals surface area contributed by atoms with E-state index in [-0.39, 0.29) is 5.69 Å². The molecule has 0 aromatic heterocycles. The van der Waals surface area contributed by atoms with Gasteiger partial charge < -0.3 is 5.32 Å². The molecule has 0 fully saturated rings. The van der Waals surface area contributed by atoms with Crippen molar-refractivity contribution in [2.75, 3.05) is 0 Å². The van der Waals surface area contributed by atoms with Crippen LogP contribution >= 0.6 is 0 Å². The Balaban J connectivity index is 2.03. The fraction of sp³-hybridized carbons (Fsp3) is 0.188. The van der Waals surface area contributed by atoms with Crippen LogP contribution in [0.5, 0.6) is 0 Å². The minimum Gasteiger partial charge on any atom is -0.301 e. The second-order valence-corrected chi connectivity index (χ2v) is 5.02. The maximum atomic E-state index is 11.8. The highest BCUT2D eigenvalue weighted by atomic mass is 16.6. The van der Waals surface area contributed by atoms with Crippen molar-refractivity contribution in [3.63, 3.8) is 0 Å². The van der Waals surface area contributed by atoms with Crippen LogP contribution in [-0.4, -0.2) is 22.1 Å². The van der Waals surface area contributed by atoms with Crippen LogP contribution in [0.25, 0.3) is 0 Å². The first-order chi connectivity index (χ1) is 11.1. The molecule has 7 heteroatoms. The third-order valence-electron chi connectivity index (χ3n) is 3.41. The average molecular weight is 315 g/mol. The van der Waals surface area contributed by atoms with Gasteiger partial charge in [-0.1, -0.05) is 42.5 Å². The maximum Gasteiger partial charge on any atom is 0.269 e. The van der Waals surface area contributed by atoms with Gasteiger partial charge in [0.15, 0.2) is 0 Å². The van der Waals surface area contributed by atoms with Gasteiger partial charge in [-0.2, -0.15) is 0 Å².